The number of carbonyl (C=O) groups excluding carboxylic acids is 2. The maximum Gasteiger partial charge on any atom is 0.301 e. The van der Waals surface area contributed by atoms with Gasteiger partial charge in [0.25, 0.3) is 11.5 Å². The Hall–Kier alpha value is -4.05. The van der Waals surface area contributed by atoms with E-state index in [4.69, 9.17) is 4.74 Å². The number of anilines is 1. The zero-order valence-electron chi connectivity index (χ0n) is 17.8. The molecule has 3 aromatic rings. The zero-order chi connectivity index (χ0) is 24.4. The van der Waals surface area contributed by atoms with E-state index >= 15 is 0 Å². The van der Waals surface area contributed by atoms with Gasteiger partial charge in [-0.2, -0.15) is 0 Å². The van der Waals surface area contributed by atoms with Crippen molar-refractivity contribution in [3.8, 4) is 5.75 Å². The van der Waals surface area contributed by atoms with Crippen LogP contribution in [-0.4, -0.2) is 33.3 Å². The van der Waals surface area contributed by atoms with Crippen LogP contribution in [0.15, 0.2) is 76.9 Å². The Balaban J connectivity index is 1.91. The third-order valence-corrected chi connectivity index (χ3v) is 5.71. The molecule has 2 aromatic carbocycles. The van der Waals surface area contributed by atoms with Crippen LogP contribution in [0.5, 0.6) is 5.75 Å². The molecule has 1 unspecified atom stereocenters. The van der Waals surface area contributed by atoms with Crippen LogP contribution in [-0.2, 0) is 9.59 Å². The number of ether oxygens (including phenoxy) is 1. The Labute approximate surface area is 202 Å². The first-order chi connectivity index (χ1) is 16.3. The zero-order valence-corrected chi connectivity index (χ0v) is 19.4. The first-order valence-electron chi connectivity index (χ1n) is 10.2. The summed E-state index contributed by atoms with van der Waals surface area (Å²) in [4.78, 5) is 42.4. The number of aliphatic hydroxyl groups excluding tert-OH is 1. The topological polar surface area (TPSA) is 123 Å². The van der Waals surface area contributed by atoms with Gasteiger partial charge < -0.3 is 9.84 Å². The molecule has 0 spiro atoms. The molecular weight excluding hydrogens is 506 g/mol. The molecule has 1 saturated heterocycles. The van der Waals surface area contributed by atoms with Gasteiger partial charge in [-0.15, -0.1) is 0 Å². The van der Waals surface area contributed by atoms with Crippen molar-refractivity contribution >= 4 is 44.9 Å². The van der Waals surface area contributed by atoms with E-state index in [1.54, 1.807) is 36.4 Å². The molecule has 1 aliphatic rings. The van der Waals surface area contributed by atoms with E-state index in [0.29, 0.717) is 22.4 Å². The van der Waals surface area contributed by atoms with E-state index in [1.165, 1.54) is 30.5 Å². The van der Waals surface area contributed by atoms with E-state index in [0.717, 1.165) is 4.90 Å². The maximum atomic E-state index is 13.1. The Morgan fingerprint density at radius 1 is 1.18 bits per heavy atom. The third kappa shape index (κ3) is 4.27. The summed E-state index contributed by atoms with van der Waals surface area (Å²) in [5.41, 5.74) is 0.165. The van der Waals surface area contributed by atoms with Gasteiger partial charge >= 0.3 is 5.91 Å². The minimum absolute atomic E-state index is 0.160. The van der Waals surface area contributed by atoms with Gasteiger partial charge in [0.1, 0.15) is 17.3 Å². The van der Waals surface area contributed by atoms with Crippen LogP contribution in [0.3, 0.4) is 0 Å². The van der Waals surface area contributed by atoms with Crippen molar-refractivity contribution in [2.45, 2.75) is 13.0 Å². The van der Waals surface area contributed by atoms with Gasteiger partial charge in [-0.3, -0.25) is 24.6 Å². The van der Waals surface area contributed by atoms with E-state index in [1.807, 2.05) is 6.92 Å². The minimum atomic E-state index is -1.12. The highest BCUT2D eigenvalue weighted by Crippen LogP contribution is 2.42. The van der Waals surface area contributed by atoms with Crippen LogP contribution in [0.1, 0.15) is 24.1 Å². The Morgan fingerprint density at radius 3 is 2.53 bits per heavy atom. The van der Waals surface area contributed by atoms with Crippen LogP contribution >= 0.6 is 15.9 Å². The number of amides is 1. The van der Waals surface area contributed by atoms with Crippen molar-refractivity contribution < 1.29 is 24.4 Å². The predicted molar refractivity (Wildman–Crippen MR) is 127 cm³/mol. The Kier molecular flexibility index (Phi) is 6.42. The molecular formula is C24H18BrN3O6. The molecule has 10 heteroatoms. The number of rotatable bonds is 6. The lowest BCUT2D eigenvalue weighted by Crippen LogP contribution is -2.30. The van der Waals surface area contributed by atoms with E-state index in [-0.39, 0.29) is 22.6 Å². The standard InChI is InChI=1S/C24H18BrN3O6/c1-2-34-18-9-6-14(7-10-18)22(29)20-21(15-4-3-5-17(12-15)28(32)33)27(24(31)23(20)30)19-11-8-16(25)13-26-19/h3-13,21,29H,2H2,1H3/b22-20-. The number of nitrogens with zero attached hydrogens (tertiary/aromatic N) is 3. The summed E-state index contributed by atoms with van der Waals surface area (Å²) in [6.07, 6.45) is 1.46. The molecule has 1 atom stereocenters. The molecule has 1 amide bonds. The number of aromatic nitrogens is 1. The second-order valence-corrected chi connectivity index (χ2v) is 8.23. The number of ketones is 1. The van der Waals surface area contributed by atoms with Crippen molar-refractivity contribution in [3.05, 3.63) is 98.1 Å². The molecule has 1 N–H and O–H groups in total. The van der Waals surface area contributed by atoms with Gasteiger partial charge in [0.2, 0.25) is 0 Å². The number of hydrogen-bond acceptors (Lipinski definition) is 7. The number of hydrogen-bond donors (Lipinski definition) is 1. The lowest BCUT2D eigenvalue weighted by molar-refractivity contribution is -0.384. The molecule has 9 nitrogen and oxygen atoms in total. The smallest absolute Gasteiger partial charge is 0.301 e. The number of non-ortho nitro benzene ring substituents is 1. The van der Waals surface area contributed by atoms with Crippen LogP contribution in [0.2, 0.25) is 0 Å². The summed E-state index contributed by atoms with van der Waals surface area (Å²) in [5, 5.41) is 22.5. The summed E-state index contributed by atoms with van der Waals surface area (Å²) >= 11 is 3.28. The molecule has 0 bridgehead atoms. The van der Waals surface area contributed by atoms with Gasteiger partial charge in [0.05, 0.1) is 23.1 Å². The second-order valence-electron chi connectivity index (χ2n) is 7.31. The van der Waals surface area contributed by atoms with Gasteiger partial charge in [0.15, 0.2) is 0 Å². The van der Waals surface area contributed by atoms with Crippen LogP contribution in [0, 0.1) is 10.1 Å². The highest BCUT2D eigenvalue weighted by atomic mass is 79.9. The number of Topliss-reactive ketones (excluding diaryl/α,β-unsaturated/α-hetero) is 1. The Morgan fingerprint density at radius 2 is 1.91 bits per heavy atom. The second kappa shape index (κ2) is 9.44. The van der Waals surface area contributed by atoms with Gasteiger partial charge in [0, 0.05) is 28.4 Å². The molecule has 0 saturated carbocycles. The monoisotopic (exact) mass is 523 g/mol. The van der Waals surface area contributed by atoms with Crippen molar-refractivity contribution in [1.82, 2.24) is 4.98 Å². The SMILES string of the molecule is CCOc1ccc(/C(O)=C2/C(=O)C(=O)N(c3ccc(Br)cn3)C2c2cccc([N+](=O)[O-])c2)cc1. The molecule has 0 radical (unpaired) electrons. The minimum Gasteiger partial charge on any atom is -0.507 e. The number of carbonyl (C=O) groups is 2. The number of halogens is 1. The quantitative estimate of drug-likeness (QED) is 0.162. The Bertz CT molecular complexity index is 1310. The predicted octanol–water partition coefficient (Wildman–Crippen LogP) is 4.78. The molecule has 34 heavy (non-hydrogen) atoms. The van der Waals surface area contributed by atoms with Gasteiger partial charge in [-0.05, 0) is 64.8 Å². The van der Waals surface area contributed by atoms with Crippen LogP contribution in [0.25, 0.3) is 5.76 Å². The number of aliphatic hydroxyl groups is 1. The summed E-state index contributed by atoms with van der Waals surface area (Å²) in [6, 6.07) is 14.1. The average molecular weight is 524 g/mol. The fraction of sp³-hybridized carbons (Fsp3) is 0.125. The summed E-state index contributed by atoms with van der Waals surface area (Å²) in [5.74, 6) is -1.50. The van der Waals surface area contributed by atoms with Crippen LogP contribution < -0.4 is 9.64 Å². The average Bonchev–Trinajstić information content (AvgIpc) is 3.10. The van der Waals surface area contributed by atoms with Crippen molar-refractivity contribution in [2.24, 2.45) is 0 Å². The fourth-order valence-corrected chi connectivity index (χ4v) is 3.97. The molecule has 172 valence electrons. The summed E-state index contributed by atoms with van der Waals surface area (Å²) < 4.78 is 6.07. The number of pyridine rings is 1. The van der Waals surface area contributed by atoms with Gasteiger partial charge in [-0.1, -0.05) is 12.1 Å². The van der Waals surface area contributed by atoms with Gasteiger partial charge in [-0.25, -0.2) is 4.98 Å². The first-order valence-corrected chi connectivity index (χ1v) is 11.0. The number of benzene rings is 2. The molecule has 0 aliphatic carbocycles. The first kappa shape index (κ1) is 23.1. The normalized spacial score (nSPS) is 17.1. The van der Waals surface area contributed by atoms with Crippen molar-refractivity contribution in [2.75, 3.05) is 11.5 Å². The molecule has 1 aromatic heterocycles. The third-order valence-electron chi connectivity index (χ3n) is 5.24. The lowest BCUT2D eigenvalue weighted by Gasteiger charge is -2.24. The van der Waals surface area contributed by atoms with Crippen molar-refractivity contribution in [3.63, 3.8) is 0 Å². The molecule has 1 fully saturated rings. The van der Waals surface area contributed by atoms with Crippen LogP contribution in [0.4, 0.5) is 11.5 Å². The van der Waals surface area contributed by atoms with E-state index < -0.39 is 28.4 Å². The lowest BCUT2D eigenvalue weighted by atomic mass is 9.95. The van der Waals surface area contributed by atoms with Crippen molar-refractivity contribution in [1.29, 1.82) is 0 Å². The number of nitro groups is 1. The highest BCUT2D eigenvalue weighted by molar-refractivity contribution is 9.10. The van der Waals surface area contributed by atoms with E-state index in [9.17, 15) is 24.8 Å². The largest absolute Gasteiger partial charge is 0.507 e. The molecule has 4 rings (SSSR count). The highest BCUT2D eigenvalue weighted by Gasteiger charge is 2.47. The maximum absolute atomic E-state index is 13.1. The molecule has 2 heterocycles. The summed E-state index contributed by atoms with van der Waals surface area (Å²) in [7, 11) is 0. The van der Waals surface area contributed by atoms with E-state index in [2.05, 4.69) is 20.9 Å². The fourth-order valence-electron chi connectivity index (χ4n) is 3.73. The number of nitro benzene ring substituents is 1. The molecule has 1 aliphatic heterocycles. The summed E-state index contributed by atoms with van der Waals surface area (Å²) in [6.45, 7) is 2.30.